The van der Waals surface area contributed by atoms with E-state index in [0.29, 0.717) is 12.1 Å². The molecule has 0 aliphatic carbocycles. The molecule has 2 rings (SSSR count). The van der Waals surface area contributed by atoms with E-state index < -0.39 is 0 Å². The number of nitrogens with two attached hydrogens (primary N) is 1. The van der Waals surface area contributed by atoms with Gasteiger partial charge in [-0.25, -0.2) is 4.39 Å². The van der Waals surface area contributed by atoms with Gasteiger partial charge in [-0.3, -0.25) is 0 Å². The molecule has 78 valence electrons. The van der Waals surface area contributed by atoms with Crippen LogP contribution in [0.4, 0.5) is 4.39 Å². The summed E-state index contributed by atoms with van der Waals surface area (Å²) in [7, 11) is 0. The van der Waals surface area contributed by atoms with Gasteiger partial charge < -0.3 is 10.7 Å². The molecule has 0 aliphatic heterocycles. The molecule has 0 aliphatic rings. The first kappa shape index (κ1) is 9.93. The molecular weight excluding hydrogens is 191 g/mol. The third-order valence-electron chi connectivity index (χ3n) is 2.42. The van der Waals surface area contributed by atoms with Gasteiger partial charge >= 0.3 is 0 Å². The Balaban J connectivity index is 2.60. The lowest BCUT2D eigenvalue weighted by Gasteiger charge is -1.98. The zero-order valence-electron chi connectivity index (χ0n) is 8.55. The Hall–Kier alpha value is -1.61. The first-order valence-electron chi connectivity index (χ1n) is 4.86. The van der Waals surface area contributed by atoms with E-state index >= 15 is 0 Å². The first-order valence-corrected chi connectivity index (χ1v) is 4.86. The van der Waals surface area contributed by atoms with Crippen LogP contribution in [0.1, 0.15) is 11.1 Å². The highest BCUT2D eigenvalue weighted by Gasteiger charge is 2.05. The minimum absolute atomic E-state index is 0.225. The van der Waals surface area contributed by atoms with Crippen molar-refractivity contribution in [1.82, 2.24) is 4.98 Å². The van der Waals surface area contributed by atoms with Gasteiger partial charge in [-0.1, -0.05) is 12.2 Å². The van der Waals surface area contributed by atoms with Crippen LogP contribution in [0.5, 0.6) is 0 Å². The van der Waals surface area contributed by atoms with Crippen molar-refractivity contribution in [3.8, 4) is 0 Å². The van der Waals surface area contributed by atoms with E-state index in [-0.39, 0.29) is 5.82 Å². The molecule has 0 spiro atoms. The monoisotopic (exact) mass is 204 g/mol. The van der Waals surface area contributed by atoms with Gasteiger partial charge in [0.05, 0.1) is 5.52 Å². The number of aromatic nitrogens is 1. The van der Waals surface area contributed by atoms with Crippen molar-refractivity contribution in [3.05, 3.63) is 41.3 Å². The third kappa shape index (κ3) is 1.78. The Kier molecular flexibility index (Phi) is 2.56. The van der Waals surface area contributed by atoms with Gasteiger partial charge in [0.1, 0.15) is 5.82 Å². The Bertz CT molecular complexity index is 512. The molecule has 0 unspecified atom stereocenters. The molecule has 0 fully saturated rings. The molecule has 1 aromatic carbocycles. The van der Waals surface area contributed by atoms with E-state index in [1.165, 1.54) is 6.07 Å². The van der Waals surface area contributed by atoms with E-state index in [2.05, 4.69) is 4.98 Å². The lowest BCUT2D eigenvalue weighted by Crippen LogP contribution is -1.92. The van der Waals surface area contributed by atoms with Crippen molar-refractivity contribution >= 4 is 17.0 Å². The van der Waals surface area contributed by atoms with E-state index in [4.69, 9.17) is 5.73 Å². The smallest absolute Gasteiger partial charge is 0.147 e. The van der Waals surface area contributed by atoms with Crippen LogP contribution in [0.15, 0.2) is 24.4 Å². The fraction of sp³-hybridized carbons (Fsp3) is 0.167. The quantitative estimate of drug-likeness (QED) is 0.775. The molecule has 1 aromatic heterocycles. The molecule has 0 bridgehead atoms. The van der Waals surface area contributed by atoms with Gasteiger partial charge in [-0.05, 0) is 30.2 Å². The molecule has 0 radical (unpaired) electrons. The van der Waals surface area contributed by atoms with Crippen molar-refractivity contribution in [3.63, 3.8) is 0 Å². The average Bonchev–Trinajstić information content (AvgIpc) is 2.58. The summed E-state index contributed by atoms with van der Waals surface area (Å²) in [5.41, 5.74) is 7.81. The van der Waals surface area contributed by atoms with Gasteiger partial charge in [-0.2, -0.15) is 0 Å². The Morgan fingerprint density at radius 3 is 3.00 bits per heavy atom. The van der Waals surface area contributed by atoms with E-state index in [0.717, 1.165) is 16.5 Å². The molecule has 2 aromatic rings. The first-order chi connectivity index (χ1) is 7.22. The number of hydrogen-bond donors (Lipinski definition) is 2. The molecular formula is C12H13FN2. The second-order valence-electron chi connectivity index (χ2n) is 3.54. The van der Waals surface area contributed by atoms with Crippen molar-refractivity contribution in [2.75, 3.05) is 6.54 Å². The fourth-order valence-corrected chi connectivity index (χ4v) is 1.64. The highest BCUT2D eigenvalue weighted by Crippen LogP contribution is 2.22. The number of hydrogen-bond acceptors (Lipinski definition) is 1. The van der Waals surface area contributed by atoms with Gasteiger partial charge in [0.15, 0.2) is 0 Å². The topological polar surface area (TPSA) is 41.8 Å². The summed E-state index contributed by atoms with van der Waals surface area (Å²) in [6, 6.07) is 3.46. The Labute approximate surface area is 87.6 Å². The third-order valence-corrected chi connectivity index (χ3v) is 2.42. The number of nitrogens with one attached hydrogen (secondary N) is 1. The fourth-order valence-electron chi connectivity index (χ4n) is 1.64. The largest absolute Gasteiger partial charge is 0.359 e. The minimum Gasteiger partial charge on any atom is -0.359 e. The normalized spacial score (nSPS) is 11.7. The van der Waals surface area contributed by atoms with Gasteiger partial charge in [0.25, 0.3) is 0 Å². The molecule has 2 nitrogen and oxygen atoms in total. The summed E-state index contributed by atoms with van der Waals surface area (Å²) in [5.74, 6) is -0.225. The standard InChI is InChI=1S/C12H13FN2/c1-8-7-15-12-10(8)5-9(3-2-4-14)6-11(12)13/h2-3,5-7,15H,4,14H2,1H3/b3-2+. The molecule has 3 N–H and O–H groups in total. The molecule has 3 heteroatoms. The van der Waals surface area contributed by atoms with E-state index in [9.17, 15) is 4.39 Å². The molecule has 0 amide bonds. The van der Waals surface area contributed by atoms with Crippen LogP contribution in [0, 0.1) is 12.7 Å². The maximum absolute atomic E-state index is 13.6. The van der Waals surface area contributed by atoms with Gasteiger partial charge in [0, 0.05) is 18.1 Å². The number of aromatic amines is 1. The maximum atomic E-state index is 13.6. The second kappa shape index (κ2) is 3.87. The van der Waals surface area contributed by atoms with Gasteiger partial charge in [-0.15, -0.1) is 0 Å². The molecule has 0 saturated carbocycles. The summed E-state index contributed by atoms with van der Waals surface area (Å²) in [5, 5.41) is 0.923. The molecule has 0 atom stereocenters. The molecule has 1 heterocycles. The van der Waals surface area contributed by atoms with Crippen LogP contribution in [0.3, 0.4) is 0 Å². The average molecular weight is 204 g/mol. The van der Waals surface area contributed by atoms with Crippen molar-refractivity contribution in [1.29, 1.82) is 0 Å². The number of rotatable bonds is 2. The number of fused-ring (bicyclic) bond motifs is 1. The zero-order chi connectivity index (χ0) is 10.8. The second-order valence-corrected chi connectivity index (χ2v) is 3.54. The summed E-state index contributed by atoms with van der Waals surface area (Å²) < 4.78 is 13.6. The lowest BCUT2D eigenvalue weighted by atomic mass is 10.1. The van der Waals surface area contributed by atoms with Crippen LogP contribution in [0.2, 0.25) is 0 Å². The lowest BCUT2D eigenvalue weighted by molar-refractivity contribution is 0.637. The highest BCUT2D eigenvalue weighted by molar-refractivity contribution is 5.85. The summed E-state index contributed by atoms with van der Waals surface area (Å²) in [4.78, 5) is 2.92. The van der Waals surface area contributed by atoms with Crippen LogP contribution in [-0.4, -0.2) is 11.5 Å². The van der Waals surface area contributed by atoms with Gasteiger partial charge in [0.2, 0.25) is 0 Å². The summed E-state index contributed by atoms with van der Waals surface area (Å²) in [6.45, 7) is 2.42. The molecule has 15 heavy (non-hydrogen) atoms. The number of aryl methyl sites for hydroxylation is 1. The Morgan fingerprint density at radius 2 is 2.27 bits per heavy atom. The molecule has 0 saturated heterocycles. The predicted molar refractivity (Wildman–Crippen MR) is 61.1 cm³/mol. The van der Waals surface area contributed by atoms with Crippen molar-refractivity contribution in [2.45, 2.75) is 6.92 Å². The number of benzene rings is 1. The predicted octanol–water partition coefficient (Wildman–Crippen LogP) is 2.59. The summed E-state index contributed by atoms with van der Waals surface area (Å²) in [6.07, 6.45) is 5.45. The highest BCUT2D eigenvalue weighted by atomic mass is 19.1. The Morgan fingerprint density at radius 1 is 1.47 bits per heavy atom. The maximum Gasteiger partial charge on any atom is 0.147 e. The van der Waals surface area contributed by atoms with E-state index in [1.54, 1.807) is 0 Å². The van der Waals surface area contributed by atoms with Crippen molar-refractivity contribution < 1.29 is 4.39 Å². The van der Waals surface area contributed by atoms with Crippen LogP contribution >= 0.6 is 0 Å². The van der Waals surface area contributed by atoms with Crippen LogP contribution in [-0.2, 0) is 0 Å². The SMILES string of the molecule is Cc1c[nH]c2c(F)cc(/C=C/CN)cc12. The number of H-pyrrole nitrogens is 1. The summed E-state index contributed by atoms with van der Waals surface area (Å²) >= 11 is 0. The van der Waals surface area contributed by atoms with Crippen LogP contribution < -0.4 is 5.73 Å². The van der Waals surface area contributed by atoms with Crippen molar-refractivity contribution in [2.24, 2.45) is 5.73 Å². The minimum atomic E-state index is -0.225. The van der Waals surface area contributed by atoms with Crippen LogP contribution in [0.25, 0.3) is 17.0 Å². The van der Waals surface area contributed by atoms with E-state index in [1.807, 2.05) is 31.3 Å². The zero-order valence-corrected chi connectivity index (χ0v) is 8.55. The number of halogens is 1.